The van der Waals surface area contributed by atoms with E-state index in [0.29, 0.717) is 6.61 Å². The lowest BCUT2D eigenvalue weighted by molar-refractivity contribution is 0.258. The second-order valence-electron chi connectivity index (χ2n) is 5.94. The predicted molar refractivity (Wildman–Crippen MR) is 89.6 cm³/mol. The van der Waals surface area contributed by atoms with Gasteiger partial charge in [-0.2, -0.15) is 0 Å². The molecule has 0 saturated carbocycles. The first-order chi connectivity index (χ1) is 11.1. The molecule has 2 atom stereocenters. The zero-order valence-corrected chi connectivity index (χ0v) is 13.6. The fourth-order valence-electron chi connectivity index (χ4n) is 3.03. The van der Waals surface area contributed by atoms with E-state index in [4.69, 9.17) is 14.7 Å². The van der Waals surface area contributed by atoms with Gasteiger partial charge in [0.05, 0.1) is 6.21 Å². The molecule has 1 aliphatic rings. The van der Waals surface area contributed by atoms with Gasteiger partial charge in [0.1, 0.15) is 24.6 Å². The fraction of sp³-hybridized carbons (Fsp3) is 0.316. The molecule has 0 amide bonds. The zero-order valence-electron chi connectivity index (χ0n) is 13.6. The summed E-state index contributed by atoms with van der Waals surface area (Å²) in [5, 5.41) is 12.0. The van der Waals surface area contributed by atoms with Crippen LogP contribution in [0.5, 0.6) is 5.75 Å². The average molecular weight is 311 g/mol. The highest BCUT2D eigenvalue weighted by Crippen LogP contribution is 2.39. The van der Waals surface area contributed by atoms with Crippen molar-refractivity contribution in [3.05, 3.63) is 64.2 Å². The van der Waals surface area contributed by atoms with Crippen LogP contribution in [0.3, 0.4) is 0 Å². The molecule has 4 nitrogen and oxygen atoms in total. The summed E-state index contributed by atoms with van der Waals surface area (Å²) in [5.41, 5.74) is 5.20. The Morgan fingerprint density at radius 3 is 2.61 bits per heavy atom. The summed E-state index contributed by atoms with van der Waals surface area (Å²) in [6, 6.07) is 12.2. The lowest BCUT2D eigenvalue weighted by Crippen LogP contribution is -2.09. The molecule has 1 fully saturated rings. The molecule has 0 bridgehead atoms. The standard InChI is InChI=1S/C19H21NO3/c1-12-9-13(2)18(14(3)16(12)10-20-21)22-11-17-19(23-17)15-7-5-4-6-8-15/h4-10,17,19,21H,11H2,1-3H3/b20-10+. The third-order valence-corrected chi connectivity index (χ3v) is 4.25. The molecule has 4 heteroatoms. The van der Waals surface area contributed by atoms with Crippen LogP contribution < -0.4 is 4.74 Å². The molecule has 0 aliphatic carbocycles. The van der Waals surface area contributed by atoms with Crippen LogP contribution in [0.4, 0.5) is 0 Å². The summed E-state index contributed by atoms with van der Waals surface area (Å²) in [6.45, 7) is 6.52. The van der Waals surface area contributed by atoms with Crippen LogP contribution in [0, 0.1) is 20.8 Å². The van der Waals surface area contributed by atoms with Crippen molar-refractivity contribution < 1.29 is 14.7 Å². The minimum atomic E-state index is 0.0902. The van der Waals surface area contributed by atoms with Crippen LogP contribution in [0.1, 0.15) is 33.9 Å². The molecule has 3 rings (SSSR count). The van der Waals surface area contributed by atoms with Crippen LogP contribution in [-0.2, 0) is 4.74 Å². The highest BCUT2D eigenvalue weighted by atomic mass is 16.6. The number of hydrogen-bond acceptors (Lipinski definition) is 4. The van der Waals surface area contributed by atoms with Gasteiger partial charge in [-0.05, 0) is 37.5 Å². The maximum atomic E-state index is 8.83. The lowest BCUT2D eigenvalue weighted by atomic mass is 9.99. The summed E-state index contributed by atoms with van der Waals surface area (Å²) in [5.74, 6) is 0.841. The molecular formula is C19H21NO3. The van der Waals surface area contributed by atoms with Gasteiger partial charge in [-0.3, -0.25) is 0 Å². The van der Waals surface area contributed by atoms with E-state index in [1.807, 2.05) is 45.0 Å². The Hall–Kier alpha value is -2.33. The monoisotopic (exact) mass is 311 g/mol. The molecular weight excluding hydrogens is 290 g/mol. The molecule has 1 N–H and O–H groups in total. The van der Waals surface area contributed by atoms with Crippen molar-refractivity contribution in [1.82, 2.24) is 0 Å². The predicted octanol–water partition coefficient (Wildman–Crippen LogP) is 3.94. The Morgan fingerprint density at radius 2 is 1.91 bits per heavy atom. The third kappa shape index (κ3) is 3.22. The van der Waals surface area contributed by atoms with Crippen LogP contribution in [0.15, 0.2) is 41.6 Å². The number of rotatable bonds is 5. The normalized spacial score (nSPS) is 20.0. The van der Waals surface area contributed by atoms with Gasteiger partial charge in [0.25, 0.3) is 0 Å². The van der Waals surface area contributed by atoms with Crippen LogP contribution in [0.25, 0.3) is 0 Å². The van der Waals surface area contributed by atoms with Gasteiger partial charge in [0.15, 0.2) is 0 Å². The number of nitrogens with zero attached hydrogens (tertiary/aromatic N) is 1. The average Bonchev–Trinajstić information content (AvgIpc) is 3.31. The molecule has 2 unspecified atom stereocenters. The molecule has 0 aromatic heterocycles. The molecule has 120 valence electrons. The van der Waals surface area contributed by atoms with Crippen molar-refractivity contribution in [1.29, 1.82) is 0 Å². The van der Waals surface area contributed by atoms with Crippen molar-refractivity contribution >= 4 is 6.21 Å². The van der Waals surface area contributed by atoms with Crippen molar-refractivity contribution in [2.75, 3.05) is 6.61 Å². The Bertz CT molecular complexity index is 725. The maximum Gasteiger partial charge on any atom is 0.125 e. The highest BCUT2D eigenvalue weighted by Gasteiger charge is 2.40. The van der Waals surface area contributed by atoms with Gasteiger partial charge >= 0.3 is 0 Å². The van der Waals surface area contributed by atoms with Gasteiger partial charge in [-0.1, -0.05) is 41.6 Å². The van der Waals surface area contributed by atoms with Crippen LogP contribution in [0.2, 0.25) is 0 Å². The quantitative estimate of drug-likeness (QED) is 0.394. The fourth-order valence-corrected chi connectivity index (χ4v) is 3.03. The minimum absolute atomic E-state index is 0.0902. The van der Waals surface area contributed by atoms with E-state index < -0.39 is 0 Å². The first kappa shape index (κ1) is 15.6. The smallest absolute Gasteiger partial charge is 0.125 e. The minimum Gasteiger partial charge on any atom is -0.490 e. The van der Waals surface area contributed by atoms with E-state index in [9.17, 15) is 0 Å². The summed E-state index contributed by atoms with van der Waals surface area (Å²) in [4.78, 5) is 0. The number of epoxide rings is 1. The molecule has 0 spiro atoms. The van der Waals surface area contributed by atoms with Crippen molar-refractivity contribution in [2.45, 2.75) is 33.0 Å². The molecule has 1 aliphatic heterocycles. The largest absolute Gasteiger partial charge is 0.490 e. The molecule has 2 aromatic carbocycles. The van der Waals surface area contributed by atoms with E-state index in [2.05, 4.69) is 17.3 Å². The van der Waals surface area contributed by atoms with Gasteiger partial charge in [0.2, 0.25) is 0 Å². The number of oxime groups is 1. The molecule has 2 aromatic rings. The SMILES string of the molecule is Cc1cc(C)c(OCC2OC2c2ccccc2)c(C)c1/C=N/O. The van der Waals surface area contributed by atoms with E-state index in [0.717, 1.165) is 28.0 Å². The van der Waals surface area contributed by atoms with E-state index >= 15 is 0 Å². The summed E-state index contributed by atoms with van der Waals surface area (Å²) >= 11 is 0. The summed E-state index contributed by atoms with van der Waals surface area (Å²) in [6.07, 6.45) is 1.67. The first-order valence-electron chi connectivity index (χ1n) is 7.73. The van der Waals surface area contributed by atoms with Crippen molar-refractivity contribution in [2.24, 2.45) is 5.16 Å². The van der Waals surface area contributed by atoms with E-state index in [-0.39, 0.29) is 12.2 Å². The molecule has 1 heterocycles. The Kier molecular flexibility index (Phi) is 4.35. The maximum absolute atomic E-state index is 8.83. The first-order valence-corrected chi connectivity index (χ1v) is 7.73. The van der Waals surface area contributed by atoms with Crippen molar-refractivity contribution in [3.8, 4) is 5.75 Å². The number of hydrogen-bond donors (Lipinski definition) is 1. The van der Waals surface area contributed by atoms with E-state index in [1.54, 1.807) is 0 Å². The summed E-state index contributed by atoms with van der Waals surface area (Å²) < 4.78 is 11.7. The highest BCUT2D eigenvalue weighted by molar-refractivity contribution is 5.84. The second-order valence-corrected chi connectivity index (χ2v) is 5.94. The van der Waals surface area contributed by atoms with Gasteiger partial charge in [0, 0.05) is 11.1 Å². The Morgan fingerprint density at radius 1 is 1.17 bits per heavy atom. The van der Waals surface area contributed by atoms with E-state index in [1.165, 1.54) is 11.8 Å². The topological polar surface area (TPSA) is 54.3 Å². The molecule has 0 radical (unpaired) electrons. The van der Waals surface area contributed by atoms with Crippen LogP contribution in [-0.4, -0.2) is 24.1 Å². The van der Waals surface area contributed by atoms with Gasteiger partial charge < -0.3 is 14.7 Å². The second kappa shape index (κ2) is 6.42. The third-order valence-electron chi connectivity index (χ3n) is 4.25. The Labute approximate surface area is 136 Å². The number of benzene rings is 2. The lowest BCUT2D eigenvalue weighted by Gasteiger charge is -2.15. The number of aryl methyl sites for hydroxylation is 2. The molecule has 1 saturated heterocycles. The number of ether oxygens (including phenoxy) is 2. The zero-order chi connectivity index (χ0) is 16.4. The van der Waals surface area contributed by atoms with Crippen LogP contribution >= 0.6 is 0 Å². The van der Waals surface area contributed by atoms with Gasteiger partial charge in [-0.25, -0.2) is 0 Å². The van der Waals surface area contributed by atoms with Crippen molar-refractivity contribution in [3.63, 3.8) is 0 Å². The summed E-state index contributed by atoms with van der Waals surface area (Å²) in [7, 11) is 0. The molecule has 23 heavy (non-hydrogen) atoms. The Balaban J connectivity index is 1.71. The van der Waals surface area contributed by atoms with Gasteiger partial charge in [-0.15, -0.1) is 0 Å².